The topological polar surface area (TPSA) is 107 Å². The maximum atomic E-state index is 13.0. The molecule has 7 heteroatoms. The number of ether oxygens (including phenoxy) is 1. The molecule has 3 aliphatic carbocycles. The van der Waals surface area contributed by atoms with E-state index in [1.165, 1.54) is 18.9 Å². The summed E-state index contributed by atoms with van der Waals surface area (Å²) < 4.78 is 6.68. The fraction of sp³-hybridized carbons (Fsp3) is 0.652. The summed E-state index contributed by atoms with van der Waals surface area (Å²) in [5, 5.41) is 44.1. The Balaban J connectivity index is 0.00000193. The Hall–Kier alpha value is -1.83. The molecule has 2 saturated carbocycles. The predicted molar refractivity (Wildman–Crippen MR) is 108 cm³/mol. The van der Waals surface area contributed by atoms with Crippen LogP contribution in [0, 0.1) is 19.3 Å². The number of benzene rings is 1. The van der Waals surface area contributed by atoms with Crippen molar-refractivity contribution in [1.82, 2.24) is 0 Å². The summed E-state index contributed by atoms with van der Waals surface area (Å²) >= 11 is 0. The standard InChI is InChI=1S/C22H27NO6.CH3/c1-23(8-11-2-3-11)9-12(10-24)22-18-13-6-17(23)21(22,28)5-4-14(25)20(22)29-19(18)16(27)7-15(13)26;/h7,11-12,17,20,24,28H,2-6,8-10H2,1H3,(H-,26,27);1H3/q;-1/p+1/t12-,17+,20-,21+,22-,23-;/m0./s1. The van der Waals surface area contributed by atoms with Crippen LogP contribution >= 0.6 is 0 Å². The van der Waals surface area contributed by atoms with Crippen LogP contribution < -0.4 is 4.74 Å². The van der Waals surface area contributed by atoms with Crippen LogP contribution in [0.2, 0.25) is 0 Å². The first kappa shape index (κ1) is 20.1. The van der Waals surface area contributed by atoms with Crippen LogP contribution in [0.15, 0.2) is 6.07 Å². The van der Waals surface area contributed by atoms with E-state index in [2.05, 4.69) is 7.05 Å². The monoisotopic (exact) mass is 417 g/mol. The molecule has 2 bridgehead atoms. The third-order valence-corrected chi connectivity index (χ3v) is 8.74. The number of nitrogens with zero attached hydrogens (tertiary/aromatic N) is 1. The second-order valence-corrected chi connectivity index (χ2v) is 10.2. The zero-order valence-electron chi connectivity index (χ0n) is 17.6. The van der Waals surface area contributed by atoms with Crippen molar-refractivity contribution >= 4 is 5.78 Å². The zero-order chi connectivity index (χ0) is 20.3. The normalized spacial score (nSPS) is 42.9. The number of likely N-dealkylation sites (N-methyl/N-ethyl adjacent to an activating group) is 1. The van der Waals surface area contributed by atoms with Gasteiger partial charge < -0.3 is 37.1 Å². The lowest BCUT2D eigenvalue weighted by molar-refractivity contribution is -0.954. The van der Waals surface area contributed by atoms with E-state index in [1.54, 1.807) is 0 Å². The first-order valence-electron chi connectivity index (χ1n) is 10.7. The number of carbonyl (C=O) groups excluding carboxylic acids is 1. The predicted octanol–water partition coefficient (Wildman–Crippen LogP) is 1.04. The van der Waals surface area contributed by atoms with E-state index in [0.29, 0.717) is 40.9 Å². The maximum absolute atomic E-state index is 13.0. The number of aliphatic hydroxyl groups excluding tert-OH is 1. The molecule has 6 rings (SSSR count). The maximum Gasteiger partial charge on any atom is 0.174 e. The van der Waals surface area contributed by atoms with Gasteiger partial charge in [0, 0.05) is 41.9 Å². The van der Waals surface area contributed by atoms with E-state index >= 15 is 0 Å². The van der Waals surface area contributed by atoms with Crippen molar-refractivity contribution in [2.45, 2.75) is 55.3 Å². The van der Waals surface area contributed by atoms with E-state index < -0.39 is 23.0 Å². The molecule has 6 atom stereocenters. The largest absolute Gasteiger partial charge is 0.508 e. The van der Waals surface area contributed by atoms with Gasteiger partial charge in [0.2, 0.25) is 0 Å². The summed E-state index contributed by atoms with van der Waals surface area (Å²) in [5.74, 6) is 0.0916. The van der Waals surface area contributed by atoms with E-state index in [4.69, 9.17) is 4.74 Å². The fourth-order valence-corrected chi connectivity index (χ4v) is 7.58. The highest BCUT2D eigenvalue weighted by Crippen LogP contribution is 2.68. The SMILES string of the molecule is C[N@+]1(CC2CC2)C[C@@H](CO)[C@]23c4c5c(O)cc(O)c4O[C@H]2C(=O)CC[C@@]3(O)[C@H]1C5.[CH3-]. The van der Waals surface area contributed by atoms with Gasteiger partial charge in [0.1, 0.15) is 17.4 Å². The molecule has 1 aromatic rings. The number of carbonyl (C=O) groups is 1. The van der Waals surface area contributed by atoms with Crippen molar-refractivity contribution in [3.8, 4) is 17.2 Å². The number of likely N-dealkylation sites (tertiary alicyclic amines) is 1. The summed E-state index contributed by atoms with van der Waals surface area (Å²) in [6, 6.07) is 1.09. The van der Waals surface area contributed by atoms with E-state index in [1.807, 2.05) is 0 Å². The molecule has 0 unspecified atom stereocenters. The van der Waals surface area contributed by atoms with Gasteiger partial charge in [-0.25, -0.2) is 0 Å². The Morgan fingerprint density at radius 1 is 1.27 bits per heavy atom. The number of phenolic OH excluding ortho intramolecular Hbond substituents is 2. The Morgan fingerprint density at radius 2 is 2.00 bits per heavy atom. The number of quaternary nitrogens is 1. The Kier molecular flexibility index (Phi) is 3.95. The Bertz CT molecular complexity index is 944. The minimum Gasteiger partial charge on any atom is -0.508 e. The van der Waals surface area contributed by atoms with Gasteiger partial charge in [-0.3, -0.25) is 4.79 Å². The highest BCUT2D eigenvalue weighted by molar-refractivity contribution is 5.90. The molecule has 0 amide bonds. The van der Waals surface area contributed by atoms with E-state index in [0.717, 1.165) is 6.54 Å². The van der Waals surface area contributed by atoms with Gasteiger partial charge >= 0.3 is 0 Å². The van der Waals surface area contributed by atoms with Gasteiger partial charge in [0.05, 0.1) is 32.2 Å². The molecule has 5 aliphatic rings. The molecule has 7 nitrogen and oxygen atoms in total. The van der Waals surface area contributed by atoms with Crippen LogP contribution in [-0.4, -0.2) is 75.2 Å². The molecule has 1 saturated heterocycles. The van der Waals surface area contributed by atoms with Crippen molar-refractivity contribution in [1.29, 1.82) is 0 Å². The smallest absolute Gasteiger partial charge is 0.174 e. The molecule has 0 aromatic heterocycles. The van der Waals surface area contributed by atoms with Crippen molar-refractivity contribution < 1.29 is 34.4 Å². The number of piperidine rings is 1. The summed E-state index contributed by atoms with van der Waals surface area (Å²) in [4.78, 5) is 13.0. The van der Waals surface area contributed by atoms with Crippen molar-refractivity contribution in [3.63, 3.8) is 0 Å². The zero-order valence-corrected chi connectivity index (χ0v) is 17.6. The van der Waals surface area contributed by atoms with Gasteiger partial charge in [0.15, 0.2) is 23.4 Å². The number of phenols is 2. The van der Waals surface area contributed by atoms with Crippen LogP contribution in [-0.2, 0) is 16.6 Å². The molecular weight excluding hydrogens is 386 g/mol. The Morgan fingerprint density at radius 3 is 2.67 bits per heavy atom. The van der Waals surface area contributed by atoms with Crippen molar-refractivity contribution in [2.24, 2.45) is 11.8 Å². The quantitative estimate of drug-likeness (QED) is 0.433. The first-order chi connectivity index (χ1) is 13.8. The van der Waals surface area contributed by atoms with Crippen molar-refractivity contribution in [2.75, 3.05) is 26.7 Å². The van der Waals surface area contributed by atoms with Gasteiger partial charge in [-0.2, -0.15) is 0 Å². The summed E-state index contributed by atoms with van der Waals surface area (Å²) in [6.07, 6.45) is 2.46. The van der Waals surface area contributed by atoms with Gasteiger partial charge in [-0.1, -0.05) is 0 Å². The van der Waals surface area contributed by atoms with E-state index in [-0.39, 0.29) is 49.5 Å². The summed E-state index contributed by atoms with van der Waals surface area (Å²) in [5.41, 5.74) is -1.15. The van der Waals surface area contributed by atoms with Crippen LogP contribution in [0.3, 0.4) is 0 Å². The third-order valence-electron chi connectivity index (χ3n) is 8.74. The van der Waals surface area contributed by atoms with Crippen LogP contribution in [0.1, 0.15) is 36.8 Å². The molecule has 164 valence electrons. The van der Waals surface area contributed by atoms with Crippen LogP contribution in [0.25, 0.3) is 0 Å². The molecule has 1 aromatic carbocycles. The van der Waals surface area contributed by atoms with Gasteiger partial charge in [-0.15, -0.1) is 0 Å². The lowest BCUT2D eigenvalue weighted by Gasteiger charge is -2.66. The first-order valence-corrected chi connectivity index (χ1v) is 10.7. The van der Waals surface area contributed by atoms with E-state index in [9.17, 15) is 25.2 Å². The highest BCUT2D eigenvalue weighted by Gasteiger charge is 2.79. The molecule has 2 aliphatic heterocycles. The number of Topliss-reactive ketones (excluding diaryl/α,β-unsaturated/α-hetero) is 1. The minimum atomic E-state index is -1.24. The van der Waals surface area contributed by atoms with Gasteiger partial charge in [0.25, 0.3) is 0 Å². The Labute approximate surface area is 176 Å². The lowest BCUT2D eigenvalue weighted by atomic mass is 9.45. The van der Waals surface area contributed by atoms with Crippen molar-refractivity contribution in [3.05, 3.63) is 24.6 Å². The van der Waals surface area contributed by atoms with Crippen LogP contribution in [0.4, 0.5) is 0 Å². The number of aromatic hydroxyl groups is 2. The second kappa shape index (κ2) is 5.90. The average molecular weight is 418 g/mol. The number of hydrogen-bond donors (Lipinski definition) is 4. The molecule has 4 N–H and O–H groups in total. The minimum absolute atomic E-state index is 0. The molecule has 30 heavy (non-hydrogen) atoms. The molecule has 1 spiro atoms. The summed E-state index contributed by atoms with van der Waals surface area (Å²) in [6.45, 7) is 1.39. The number of aliphatic hydroxyl groups is 2. The number of hydrogen-bond acceptors (Lipinski definition) is 6. The third kappa shape index (κ3) is 2.04. The van der Waals surface area contributed by atoms with Gasteiger partial charge in [-0.05, 0) is 19.3 Å². The molecular formula is C23H31NO6. The lowest BCUT2D eigenvalue weighted by Crippen LogP contribution is -2.84. The molecule has 2 heterocycles. The average Bonchev–Trinajstić information content (AvgIpc) is 3.39. The summed E-state index contributed by atoms with van der Waals surface area (Å²) in [7, 11) is 2.15. The second-order valence-electron chi connectivity index (χ2n) is 10.2. The number of rotatable bonds is 3. The molecule has 0 radical (unpaired) electrons. The molecule has 3 fully saturated rings. The highest BCUT2D eigenvalue weighted by atomic mass is 16.5. The fourth-order valence-electron chi connectivity index (χ4n) is 7.58. The number of ketones is 1. The van der Waals surface area contributed by atoms with Crippen LogP contribution in [0.5, 0.6) is 17.2 Å².